The Kier molecular flexibility index (Phi) is 3.23. The largest absolute Gasteiger partial charge is 0.496 e. The van der Waals surface area contributed by atoms with E-state index >= 15 is 0 Å². The van der Waals surface area contributed by atoms with E-state index in [4.69, 9.17) is 4.74 Å². The van der Waals surface area contributed by atoms with Crippen LogP contribution in [0.2, 0.25) is 0 Å². The zero-order valence-electron chi connectivity index (χ0n) is 13.3. The van der Waals surface area contributed by atoms with E-state index in [0.717, 1.165) is 33.3 Å². The third kappa shape index (κ3) is 2.12. The molecule has 4 nitrogen and oxygen atoms in total. The first-order chi connectivity index (χ1) is 11.6. The quantitative estimate of drug-likeness (QED) is 0.668. The maximum absolute atomic E-state index is 13.6. The molecule has 0 spiro atoms. The van der Waals surface area contributed by atoms with Crippen LogP contribution in [0, 0.1) is 6.92 Å². The number of fused-ring (bicyclic) bond motifs is 2. The van der Waals surface area contributed by atoms with Crippen LogP contribution >= 0.6 is 0 Å². The first-order valence-electron chi connectivity index (χ1n) is 7.64. The second-order valence-electron chi connectivity index (χ2n) is 5.89. The minimum absolute atomic E-state index is 0.108. The lowest BCUT2D eigenvalue weighted by atomic mass is 9.98. The Hall–Kier alpha value is -2.95. The van der Waals surface area contributed by atoms with Crippen molar-refractivity contribution in [3.8, 4) is 16.9 Å². The van der Waals surface area contributed by atoms with E-state index in [9.17, 15) is 9.28 Å². The van der Waals surface area contributed by atoms with Gasteiger partial charge in [-0.2, -0.15) is 5.12 Å². The number of carbonyl (C=O) groups is 1. The van der Waals surface area contributed by atoms with E-state index in [0.29, 0.717) is 11.3 Å². The summed E-state index contributed by atoms with van der Waals surface area (Å²) < 4.78 is 19.1. The number of para-hydroxylation sites is 1. The predicted octanol–water partition coefficient (Wildman–Crippen LogP) is 4.06. The van der Waals surface area contributed by atoms with Gasteiger partial charge in [0, 0.05) is 16.5 Å². The molecule has 5 heteroatoms. The minimum atomic E-state index is -0.627. The van der Waals surface area contributed by atoms with Crippen molar-refractivity contribution in [3.63, 3.8) is 0 Å². The Morgan fingerprint density at radius 2 is 1.96 bits per heavy atom. The summed E-state index contributed by atoms with van der Waals surface area (Å²) in [5.41, 5.74) is 4.47. The molecule has 1 aliphatic rings. The Labute approximate surface area is 138 Å². The van der Waals surface area contributed by atoms with Crippen molar-refractivity contribution in [3.05, 3.63) is 59.3 Å². The number of hydrogen-bond donors (Lipinski definition) is 0. The van der Waals surface area contributed by atoms with Crippen LogP contribution in [0.15, 0.2) is 42.5 Å². The third-order valence-electron chi connectivity index (χ3n) is 4.31. The average molecular weight is 322 g/mol. The molecule has 0 atom stereocenters. The number of benzene rings is 2. The number of amides is 1. The molecule has 1 amide bonds. The van der Waals surface area contributed by atoms with Gasteiger partial charge in [0.1, 0.15) is 5.75 Å². The smallest absolute Gasteiger partial charge is 0.283 e. The molecule has 0 N–H and O–H groups in total. The summed E-state index contributed by atoms with van der Waals surface area (Å²) in [7, 11) is 1.63. The van der Waals surface area contributed by atoms with Crippen molar-refractivity contribution in [2.24, 2.45) is 0 Å². The lowest BCUT2D eigenvalue weighted by Crippen LogP contribution is -2.12. The Morgan fingerprint density at radius 3 is 2.75 bits per heavy atom. The van der Waals surface area contributed by atoms with Gasteiger partial charge in [-0.1, -0.05) is 34.3 Å². The van der Waals surface area contributed by atoms with E-state index in [1.54, 1.807) is 13.2 Å². The number of hydrogen-bond acceptors (Lipinski definition) is 3. The van der Waals surface area contributed by atoms with Gasteiger partial charge in [0.15, 0.2) is 0 Å². The van der Waals surface area contributed by atoms with Crippen LogP contribution in [0.25, 0.3) is 22.0 Å². The second kappa shape index (κ2) is 5.30. The Balaban J connectivity index is 2.00. The lowest BCUT2D eigenvalue weighted by molar-refractivity contribution is 0.0217. The molecule has 0 bridgehead atoms. The number of carbonyl (C=O) groups excluding carboxylic acids is 1. The monoisotopic (exact) mass is 322 g/mol. The van der Waals surface area contributed by atoms with Gasteiger partial charge in [-0.15, -0.1) is 0 Å². The van der Waals surface area contributed by atoms with Crippen molar-refractivity contribution >= 4 is 16.8 Å². The first kappa shape index (κ1) is 14.6. The van der Waals surface area contributed by atoms with E-state index in [-0.39, 0.29) is 11.7 Å². The molecule has 2 aromatic carbocycles. The minimum Gasteiger partial charge on any atom is -0.496 e. The van der Waals surface area contributed by atoms with Gasteiger partial charge in [0.25, 0.3) is 5.91 Å². The number of methoxy groups -OCH3 is 1. The van der Waals surface area contributed by atoms with E-state index in [1.165, 1.54) is 0 Å². The highest BCUT2D eigenvalue weighted by atomic mass is 19.2. The Morgan fingerprint density at radius 1 is 1.12 bits per heavy atom. The number of nitrogens with zero attached hydrogens (tertiary/aromatic N) is 2. The predicted molar refractivity (Wildman–Crippen MR) is 89.4 cm³/mol. The summed E-state index contributed by atoms with van der Waals surface area (Å²) in [4.78, 5) is 16.4. The van der Waals surface area contributed by atoms with Gasteiger partial charge in [-0.25, -0.2) is 4.98 Å². The van der Waals surface area contributed by atoms with Crippen LogP contribution in [-0.4, -0.2) is 23.1 Å². The van der Waals surface area contributed by atoms with Crippen LogP contribution in [0.4, 0.5) is 4.48 Å². The molecule has 120 valence electrons. The second-order valence-corrected chi connectivity index (χ2v) is 5.89. The zero-order valence-corrected chi connectivity index (χ0v) is 13.3. The molecule has 0 unspecified atom stereocenters. The molecule has 0 saturated heterocycles. The molecule has 1 aliphatic heterocycles. The fraction of sp³-hybridized carbons (Fsp3) is 0.158. The fourth-order valence-corrected chi connectivity index (χ4v) is 3.13. The maximum Gasteiger partial charge on any atom is 0.283 e. The molecule has 2 heterocycles. The first-order valence-corrected chi connectivity index (χ1v) is 7.64. The summed E-state index contributed by atoms with van der Waals surface area (Å²) >= 11 is 0. The number of halogens is 1. The van der Waals surface area contributed by atoms with Crippen LogP contribution in [0.1, 0.15) is 21.6 Å². The molecule has 1 aromatic heterocycles. The number of ether oxygens (including phenoxy) is 1. The van der Waals surface area contributed by atoms with Crippen molar-refractivity contribution in [1.82, 2.24) is 10.1 Å². The van der Waals surface area contributed by atoms with Gasteiger partial charge >= 0.3 is 0 Å². The van der Waals surface area contributed by atoms with Gasteiger partial charge in [0.05, 0.1) is 30.4 Å². The third-order valence-corrected chi connectivity index (χ3v) is 4.31. The topological polar surface area (TPSA) is 42.4 Å². The molecule has 3 aromatic rings. The fourth-order valence-electron chi connectivity index (χ4n) is 3.13. The standard InChI is InChI=1S/C19H15FN2O2/c1-11-6-7-17(24-2)14(8-11)13-5-3-4-12-9-15-16(21-18(12)13)10-22(20)19(15)23/h3-9H,10H2,1-2H3. The number of aromatic nitrogens is 1. The molecule has 4 rings (SSSR count). The summed E-state index contributed by atoms with van der Waals surface area (Å²) in [6, 6.07) is 13.4. The van der Waals surface area contributed by atoms with Gasteiger partial charge in [-0.3, -0.25) is 4.79 Å². The summed E-state index contributed by atoms with van der Waals surface area (Å²) in [6.07, 6.45) is 0. The molecular weight excluding hydrogens is 307 g/mol. The molecule has 0 saturated carbocycles. The number of pyridine rings is 1. The molecule has 0 fully saturated rings. The SMILES string of the molecule is COc1ccc(C)cc1-c1cccc2cc3c(nc12)CN(F)C3=O. The van der Waals surface area contributed by atoms with Crippen LogP contribution < -0.4 is 4.74 Å². The number of rotatable bonds is 2. The summed E-state index contributed by atoms with van der Waals surface area (Å²) in [6.45, 7) is 1.90. The molecule has 24 heavy (non-hydrogen) atoms. The van der Waals surface area contributed by atoms with Crippen LogP contribution in [0.3, 0.4) is 0 Å². The molecule has 0 radical (unpaired) electrons. The highest BCUT2D eigenvalue weighted by Crippen LogP contribution is 2.36. The summed E-state index contributed by atoms with van der Waals surface area (Å²) in [5.74, 6) is 0.122. The average Bonchev–Trinajstić information content (AvgIpc) is 2.86. The van der Waals surface area contributed by atoms with Gasteiger partial charge in [-0.05, 0) is 25.1 Å². The van der Waals surface area contributed by atoms with E-state index in [2.05, 4.69) is 4.98 Å². The zero-order chi connectivity index (χ0) is 16.8. The van der Waals surface area contributed by atoms with Crippen molar-refractivity contribution in [1.29, 1.82) is 0 Å². The highest BCUT2D eigenvalue weighted by Gasteiger charge is 2.29. The lowest BCUT2D eigenvalue weighted by Gasteiger charge is -2.12. The number of aryl methyl sites for hydroxylation is 1. The van der Waals surface area contributed by atoms with Gasteiger partial charge in [0.2, 0.25) is 0 Å². The molecule has 0 aliphatic carbocycles. The van der Waals surface area contributed by atoms with Crippen molar-refractivity contribution in [2.75, 3.05) is 7.11 Å². The normalized spacial score (nSPS) is 13.5. The van der Waals surface area contributed by atoms with Gasteiger partial charge < -0.3 is 4.74 Å². The maximum atomic E-state index is 13.6. The highest BCUT2D eigenvalue weighted by molar-refractivity contribution is 6.03. The molecular formula is C19H15FN2O2. The Bertz CT molecular complexity index is 985. The van der Waals surface area contributed by atoms with E-state index in [1.807, 2.05) is 43.3 Å². The summed E-state index contributed by atoms with van der Waals surface area (Å²) in [5, 5.41) is 1.00. The van der Waals surface area contributed by atoms with Crippen molar-refractivity contribution in [2.45, 2.75) is 13.5 Å². The van der Waals surface area contributed by atoms with Crippen LogP contribution in [-0.2, 0) is 6.54 Å². The van der Waals surface area contributed by atoms with E-state index < -0.39 is 5.91 Å². The van der Waals surface area contributed by atoms with Crippen LogP contribution in [0.5, 0.6) is 5.75 Å². The van der Waals surface area contributed by atoms with Crippen molar-refractivity contribution < 1.29 is 14.0 Å².